The van der Waals surface area contributed by atoms with Crippen LogP contribution >= 0.6 is 39.5 Å². The van der Waals surface area contributed by atoms with Crippen molar-refractivity contribution in [1.29, 1.82) is 5.26 Å². The average molecular weight is 478 g/mol. The van der Waals surface area contributed by atoms with Gasteiger partial charge in [-0.05, 0) is 37.2 Å². The Kier molecular flexibility index (Phi) is 4.91. The van der Waals surface area contributed by atoms with Crippen molar-refractivity contribution in [1.82, 2.24) is 10.2 Å². The van der Waals surface area contributed by atoms with Crippen molar-refractivity contribution in [3.63, 3.8) is 0 Å². The molecule has 1 aliphatic heterocycles. The molecule has 0 spiro atoms. The van der Waals surface area contributed by atoms with Crippen molar-refractivity contribution in [2.45, 2.75) is 25.2 Å². The van der Waals surface area contributed by atoms with Crippen LogP contribution in [0.25, 0.3) is 0 Å². The minimum absolute atomic E-state index is 0.113. The second-order valence-electron chi connectivity index (χ2n) is 6.38. The topological polar surface area (TPSA) is 98.8 Å². The molecule has 28 heavy (non-hydrogen) atoms. The summed E-state index contributed by atoms with van der Waals surface area (Å²) in [6.45, 7) is 0. The van der Waals surface area contributed by atoms with E-state index in [-0.39, 0.29) is 22.7 Å². The smallest absolute Gasteiger partial charge is 0.216 e. The lowest BCUT2D eigenvalue weighted by Gasteiger charge is -2.38. The van der Waals surface area contributed by atoms with Crippen LogP contribution in [0.4, 0.5) is 9.52 Å². The largest absolute Gasteiger partial charge is 0.384 e. The van der Waals surface area contributed by atoms with Gasteiger partial charge in [0.25, 0.3) is 0 Å². The van der Waals surface area contributed by atoms with Crippen LogP contribution in [0, 0.1) is 21.1 Å². The molecular formula is C18H13BrFN5OS2. The highest BCUT2D eigenvalue weighted by Gasteiger charge is 2.41. The number of ketones is 1. The number of allylic oxidation sites excluding steroid dienone is 3. The molecule has 1 atom stereocenters. The Balaban J connectivity index is 2.00. The summed E-state index contributed by atoms with van der Waals surface area (Å²) in [5.74, 6) is -1.32. The van der Waals surface area contributed by atoms with Gasteiger partial charge in [-0.2, -0.15) is 5.26 Å². The highest BCUT2D eigenvalue weighted by molar-refractivity contribution is 9.10. The fourth-order valence-electron chi connectivity index (χ4n) is 3.67. The van der Waals surface area contributed by atoms with Crippen LogP contribution in [0.3, 0.4) is 0 Å². The number of nitrogens with zero attached hydrogens (tertiary/aromatic N) is 3. The number of aromatic amines is 1. The molecule has 1 aliphatic carbocycles. The summed E-state index contributed by atoms with van der Waals surface area (Å²) in [4.78, 5) is 14.5. The third-order valence-electron chi connectivity index (χ3n) is 4.80. The zero-order valence-electron chi connectivity index (χ0n) is 14.3. The van der Waals surface area contributed by atoms with E-state index >= 15 is 0 Å². The molecule has 1 unspecified atom stereocenters. The first kappa shape index (κ1) is 19.0. The number of anilines is 1. The highest BCUT2D eigenvalue weighted by atomic mass is 79.9. The number of carbonyl (C=O) groups is 1. The number of Topliss-reactive ketones (excluding diaryl/α,β-unsaturated/α-hetero) is 1. The van der Waals surface area contributed by atoms with Crippen molar-refractivity contribution in [2.75, 3.05) is 4.90 Å². The zero-order valence-corrected chi connectivity index (χ0v) is 17.5. The first-order valence-corrected chi connectivity index (χ1v) is 10.4. The fraction of sp³-hybridized carbons (Fsp3) is 0.222. The number of nitriles is 1. The second kappa shape index (κ2) is 7.24. The van der Waals surface area contributed by atoms with E-state index in [0.29, 0.717) is 44.1 Å². The SMILES string of the molecule is N#CC1=C(N)N(c2n[nH]c(=S)s2)C2=C(C(=O)CCC2)C1c1ccc(Br)cc1F. The van der Waals surface area contributed by atoms with E-state index in [1.807, 2.05) is 0 Å². The van der Waals surface area contributed by atoms with E-state index in [0.717, 1.165) is 0 Å². The van der Waals surface area contributed by atoms with Gasteiger partial charge in [-0.15, -0.1) is 5.10 Å². The van der Waals surface area contributed by atoms with Gasteiger partial charge in [0.1, 0.15) is 11.6 Å². The van der Waals surface area contributed by atoms with Gasteiger partial charge in [-0.25, -0.2) is 4.39 Å². The lowest BCUT2D eigenvalue weighted by Crippen LogP contribution is -2.38. The first-order valence-electron chi connectivity index (χ1n) is 8.39. The van der Waals surface area contributed by atoms with Gasteiger partial charge >= 0.3 is 0 Å². The second-order valence-corrected chi connectivity index (χ2v) is 8.94. The molecule has 142 valence electrons. The fourth-order valence-corrected chi connectivity index (χ4v) is 4.92. The lowest BCUT2D eigenvalue weighted by atomic mass is 9.75. The Hall–Kier alpha value is -2.35. The summed E-state index contributed by atoms with van der Waals surface area (Å²) in [6.07, 6.45) is 1.56. The highest BCUT2D eigenvalue weighted by Crippen LogP contribution is 2.47. The molecular weight excluding hydrogens is 465 g/mol. The summed E-state index contributed by atoms with van der Waals surface area (Å²) in [7, 11) is 0. The van der Waals surface area contributed by atoms with Crippen molar-refractivity contribution in [3.05, 3.63) is 60.7 Å². The number of nitrogens with one attached hydrogen (secondary N) is 1. The van der Waals surface area contributed by atoms with Crippen LogP contribution < -0.4 is 10.6 Å². The van der Waals surface area contributed by atoms with Crippen molar-refractivity contribution < 1.29 is 9.18 Å². The summed E-state index contributed by atoms with van der Waals surface area (Å²) in [5.41, 5.74) is 7.78. The molecule has 3 N–H and O–H groups in total. The molecule has 10 heteroatoms. The van der Waals surface area contributed by atoms with E-state index in [9.17, 15) is 14.4 Å². The summed E-state index contributed by atoms with van der Waals surface area (Å²) in [6, 6.07) is 6.67. The molecule has 0 radical (unpaired) electrons. The van der Waals surface area contributed by atoms with Gasteiger partial charge in [0.05, 0.1) is 17.6 Å². The quantitative estimate of drug-likeness (QED) is 0.621. The zero-order chi connectivity index (χ0) is 20.0. The number of nitrogens with two attached hydrogens (primary N) is 1. The molecule has 0 fully saturated rings. The third kappa shape index (κ3) is 2.99. The summed E-state index contributed by atoms with van der Waals surface area (Å²) in [5, 5.41) is 17.2. The minimum atomic E-state index is -0.843. The van der Waals surface area contributed by atoms with E-state index < -0.39 is 11.7 Å². The number of carbonyl (C=O) groups excluding carboxylic acids is 1. The number of hydrogen-bond donors (Lipinski definition) is 2. The van der Waals surface area contributed by atoms with Gasteiger partial charge in [0.15, 0.2) is 9.74 Å². The molecule has 0 bridgehead atoms. The van der Waals surface area contributed by atoms with Crippen LogP contribution in [0.2, 0.25) is 0 Å². The predicted octanol–water partition coefficient (Wildman–Crippen LogP) is 4.41. The maximum Gasteiger partial charge on any atom is 0.216 e. The van der Waals surface area contributed by atoms with E-state index in [1.54, 1.807) is 17.0 Å². The van der Waals surface area contributed by atoms with Crippen molar-refractivity contribution in [2.24, 2.45) is 5.73 Å². The molecule has 1 aromatic heterocycles. The average Bonchev–Trinajstić information content (AvgIpc) is 3.07. The van der Waals surface area contributed by atoms with Crippen LogP contribution in [0.15, 0.2) is 45.3 Å². The molecule has 0 saturated carbocycles. The molecule has 0 amide bonds. The Bertz CT molecular complexity index is 1160. The number of halogens is 2. The maximum atomic E-state index is 14.8. The normalized spacial score (nSPS) is 19.7. The van der Waals surface area contributed by atoms with E-state index in [2.05, 4.69) is 32.2 Å². The standard InChI is InChI=1S/C18H13BrFN5OS2/c19-8-4-5-9(11(20)6-8)14-10(7-21)16(22)25(17-23-24-18(27)28-17)12-2-1-3-13(26)15(12)14/h4-6,14H,1-3,22H2,(H,24,27). The molecule has 1 aromatic carbocycles. The minimum Gasteiger partial charge on any atom is -0.384 e. The van der Waals surface area contributed by atoms with Gasteiger partial charge in [-0.1, -0.05) is 33.3 Å². The van der Waals surface area contributed by atoms with Crippen molar-refractivity contribution in [3.8, 4) is 6.07 Å². The molecule has 2 heterocycles. The molecule has 6 nitrogen and oxygen atoms in total. The number of benzene rings is 1. The van der Waals surface area contributed by atoms with Crippen LogP contribution in [-0.2, 0) is 4.79 Å². The maximum absolute atomic E-state index is 14.8. The number of H-pyrrole nitrogens is 1. The Morgan fingerprint density at radius 3 is 2.89 bits per heavy atom. The summed E-state index contributed by atoms with van der Waals surface area (Å²) >= 11 is 9.55. The van der Waals surface area contributed by atoms with E-state index in [4.69, 9.17) is 18.0 Å². The van der Waals surface area contributed by atoms with Crippen LogP contribution in [0.5, 0.6) is 0 Å². The van der Waals surface area contributed by atoms with Gasteiger partial charge < -0.3 is 5.73 Å². The molecule has 2 aliphatic rings. The first-order chi connectivity index (χ1) is 13.4. The molecule has 0 saturated heterocycles. The summed E-state index contributed by atoms with van der Waals surface area (Å²) < 4.78 is 15.8. The third-order valence-corrected chi connectivity index (χ3v) is 6.37. The monoisotopic (exact) mass is 477 g/mol. The Morgan fingerprint density at radius 1 is 1.46 bits per heavy atom. The van der Waals surface area contributed by atoms with Gasteiger partial charge in [0.2, 0.25) is 5.13 Å². The molecule has 2 aromatic rings. The van der Waals surface area contributed by atoms with Gasteiger partial charge in [0, 0.05) is 27.7 Å². The number of rotatable bonds is 2. The molecule has 4 rings (SSSR count). The predicted molar refractivity (Wildman–Crippen MR) is 109 cm³/mol. The number of hydrogen-bond acceptors (Lipinski definition) is 7. The van der Waals surface area contributed by atoms with Gasteiger partial charge in [-0.3, -0.25) is 14.8 Å². The Morgan fingerprint density at radius 2 is 2.25 bits per heavy atom. The van der Waals surface area contributed by atoms with Crippen LogP contribution in [0.1, 0.15) is 30.7 Å². The number of aromatic nitrogens is 2. The Labute approximate surface area is 177 Å². The van der Waals surface area contributed by atoms with E-state index in [1.165, 1.54) is 17.4 Å². The van der Waals surface area contributed by atoms with Crippen LogP contribution in [-0.4, -0.2) is 16.0 Å². The lowest BCUT2D eigenvalue weighted by molar-refractivity contribution is -0.116. The van der Waals surface area contributed by atoms with Crippen molar-refractivity contribution >= 4 is 50.4 Å².